The number of ether oxygens (including phenoxy) is 4. The molecule has 0 bridgehead atoms. The molecule has 35 heavy (non-hydrogen) atoms. The van der Waals surface area contributed by atoms with Gasteiger partial charge in [-0.15, -0.1) is 0 Å². The molecule has 0 aromatic heterocycles. The van der Waals surface area contributed by atoms with E-state index in [1.807, 2.05) is 0 Å². The summed E-state index contributed by atoms with van der Waals surface area (Å²) >= 11 is 5.53. The molecule has 0 radical (unpaired) electrons. The Labute approximate surface area is 208 Å². The number of carbonyl (C=O) groups is 5. The predicted molar refractivity (Wildman–Crippen MR) is 124 cm³/mol. The van der Waals surface area contributed by atoms with Gasteiger partial charge in [0.1, 0.15) is 19.0 Å². The standard InChI is InChI=1S/C25H29ClO9/c1-2-21(27)33-15-16-34-23(29)12-11-22(28)32-14-13-17-3-9-20(10-4-17)35-25(31)19-7-5-18(6-8-19)24(26)30/h2-4,9-10,18-19H,1,5-8,11-16H2/t18-,19-. The zero-order valence-corrected chi connectivity index (χ0v) is 20.1. The molecule has 1 aliphatic rings. The molecule has 190 valence electrons. The Hall–Kier alpha value is -3.20. The molecule has 0 atom stereocenters. The van der Waals surface area contributed by atoms with Gasteiger partial charge in [-0.05, 0) is 55.0 Å². The van der Waals surface area contributed by atoms with E-state index in [9.17, 15) is 24.0 Å². The lowest BCUT2D eigenvalue weighted by Crippen LogP contribution is -2.27. The minimum Gasteiger partial charge on any atom is -0.465 e. The Morgan fingerprint density at radius 1 is 0.829 bits per heavy atom. The molecule has 1 aromatic rings. The summed E-state index contributed by atoms with van der Waals surface area (Å²) in [5, 5.41) is -0.346. The normalized spacial score (nSPS) is 17.1. The van der Waals surface area contributed by atoms with Gasteiger partial charge in [-0.1, -0.05) is 18.7 Å². The van der Waals surface area contributed by atoms with E-state index in [-0.39, 0.29) is 55.7 Å². The van der Waals surface area contributed by atoms with Crippen LogP contribution < -0.4 is 4.74 Å². The first-order valence-corrected chi connectivity index (χ1v) is 11.8. The fourth-order valence-electron chi connectivity index (χ4n) is 3.47. The SMILES string of the molecule is C=CC(=O)OCCOC(=O)CCC(=O)OCCc1ccc(OC(=O)[C@H]2CC[C@H](C(=O)Cl)CC2)cc1. The van der Waals surface area contributed by atoms with E-state index in [0.717, 1.165) is 11.6 Å². The maximum atomic E-state index is 12.3. The van der Waals surface area contributed by atoms with Gasteiger partial charge in [0.15, 0.2) is 0 Å². The first-order valence-electron chi connectivity index (χ1n) is 11.4. The van der Waals surface area contributed by atoms with E-state index in [1.165, 1.54) is 0 Å². The van der Waals surface area contributed by atoms with Crippen molar-refractivity contribution in [3.63, 3.8) is 0 Å². The molecule has 1 aromatic carbocycles. The average Bonchev–Trinajstić information content (AvgIpc) is 2.86. The fraction of sp³-hybridized carbons (Fsp3) is 0.480. The van der Waals surface area contributed by atoms with Crippen molar-refractivity contribution in [2.75, 3.05) is 19.8 Å². The topological polar surface area (TPSA) is 122 Å². The summed E-state index contributed by atoms with van der Waals surface area (Å²) in [5.41, 5.74) is 0.882. The van der Waals surface area contributed by atoms with E-state index in [1.54, 1.807) is 24.3 Å². The zero-order chi connectivity index (χ0) is 25.6. The Balaban J connectivity index is 1.60. The molecule has 9 nitrogen and oxygen atoms in total. The van der Waals surface area contributed by atoms with E-state index < -0.39 is 17.9 Å². The van der Waals surface area contributed by atoms with Crippen LogP contribution in [0.15, 0.2) is 36.9 Å². The lowest BCUT2D eigenvalue weighted by Gasteiger charge is -2.24. The van der Waals surface area contributed by atoms with Gasteiger partial charge in [0.05, 0.1) is 25.4 Å². The van der Waals surface area contributed by atoms with Gasteiger partial charge in [-0.25, -0.2) is 4.79 Å². The summed E-state index contributed by atoms with van der Waals surface area (Å²) < 4.78 is 20.1. The van der Waals surface area contributed by atoms with Crippen molar-refractivity contribution in [3.8, 4) is 5.75 Å². The minimum absolute atomic E-state index is 0.0865. The van der Waals surface area contributed by atoms with Gasteiger partial charge in [0.2, 0.25) is 5.24 Å². The Bertz CT molecular complexity index is 902. The number of carbonyl (C=O) groups excluding carboxylic acids is 5. The highest BCUT2D eigenvalue weighted by atomic mass is 35.5. The van der Waals surface area contributed by atoms with Crippen LogP contribution in [0.5, 0.6) is 5.75 Å². The van der Waals surface area contributed by atoms with Crippen LogP contribution in [-0.2, 0) is 44.6 Å². The average molecular weight is 509 g/mol. The lowest BCUT2D eigenvalue weighted by molar-refractivity contribution is -0.152. The maximum absolute atomic E-state index is 12.3. The van der Waals surface area contributed by atoms with Crippen LogP contribution in [0, 0.1) is 11.8 Å². The lowest BCUT2D eigenvalue weighted by atomic mass is 9.83. The molecule has 0 aliphatic heterocycles. The Morgan fingerprint density at radius 2 is 1.37 bits per heavy atom. The van der Waals surface area contributed by atoms with Crippen LogP contribution in [0.25, 0.3) is 0 Å². The van der Waals surface area contributed by atoms with Crippen molar-refractivity contribution in [2.24, 2.45) is 11.8 Å². The zero-order valence-electron chi connectivity index (χ0n) is 19.4. The largest absolute Gasteiger partial charge is 0.465 e. The molecule has 0 spiro atoms. The maximum Gasteiger partial charge on any atom is 0.330 e. The van der Waals surface area contributed by atoms with Crippen molar-refractivity contribution < 1.29 is 42.9 Å². The van der Waals surface area contributed by atoms with E-state index in [0.29, 0.717) is 37.9 Å². The smallest absolute Gasteiger partial charge is 0.330 e. The highest BCUT2D eigenvalue weighted by Crippen LogP contribution is 2.31. The van der Waals surface area contributed by atoms with Crippen LogP contribution in [-0.4, -0.2) is 48.9 Å². The number of halogens is 1. The molecule has 0 unspecified atom stereocenters. The summed E-state index contributed by atoms with van der Waals surface area (Å²) in [6.45, 7) is 3.18. The second-order valence-corrected chi connectivity index (χ2v) is 8.35. The van der Waals surface area contributed by atoms with Crippen molar-refractivity contribution in [1.29, 1.82) is 0 Å². The van der Waals surface area contributed by atoms with Gasteiger partial charge in [0, 0.05) is 18.4 Å². The molecule has 0 N–H and O–H groups in total. The molecule has 10 heteroatoms. The number of hydrogen-bond donors (Lipinski definition) is 0. The van der Waals surface area contributed by atoms with Gasteiger partial charge in [0.25, 0.3) is 0 Å². The highest BCUT2D eigenvalue weighted by Gasteiger charge is 2.30. The van der Waals surface area contributed by atoms with E-state index in [4.69, 9.17) is 25.8 Å². The number of esters is 4. The number of rotatable bonds is 13. The second kappa shape index (κ2) is 14.9. The molecule has 0 heterocycles. The molecule has 0 amide bonds. The van der Waals surface area contributed by atoms with Gasteiger partial charge >= 0.3 is 23.9 Å². The van der Waals surface area contributed by atoms with Crippen LogP contribution >= 0.6 is 11.6 Å². The van der Waals surface area contributed by atoms with Crippen molar-refractivity contribution in [3.05, 3.63) is 42.5 Å². The molecular formula is C25H29ClO9. The molecular weight excluding hydrogens is 480 g/mol. The Morgan fingerprint density at radius 3 is 1.94 bits per heavy atom. The third-order valence-electron chi connectivity index (χ3n) is 5.47. The third kappa shape index (κ3) is 10.7. The van der Waals surface area contributed by atoms with Crippen LogP contribution in [0.3, 0.4) is 0 Å². The fourth-order valence-corrected chi connectivity index (χ4v) is 3.69. The van der Waals surface area contributed by atoms with Crippen LogP contribution in [0.2, 0.25) is 0 Å². The minimum atomic E-state index is -0.611. The van der Waals surface area contributed by atoms with Gasteiger partial charge in [-0.2, -0.15) is 0 Å². The highest BCUT2D eigenvalue weighted by molar-refractivity contribution is 6.63. The van der Waals surface area contributed by atoms with Crippen molar-refractivity contribution in [2.45, 2.75) is 44.9 Å². The monoisotopic (exact) mass is 508 g/mol. The molecule has 1 aliphatic carbocycles. The van der Waals surface area contributed by atoms with Gasteiger partial charge in [-0.3, -0.25) is 19.2 Å². The second-order valence-electron chi connectivity index (χ2n) is 7.98. The van der Waals surface area contributed by atoms with Crippen molar-refractivity contribution >= 4 is 40.7 Å². The van der Waals surface area contributed by atoms with Crippen LogP contribution in [0.4, 0.5) is 0 Å². The summed E-state index contributed by atoms with van der Waals surface area (Å²) in [7, 11) is 0. The molecule has 1 fully saturated rings. The van der Waals surface area contributed by atoms with Crippen LogP contribution in [0.1, 0.15) is 44.1 Å². The molecule has 2 rings (SSSR count). The first-order chi connectivity index (χ1) is 16.8. The third-order valence-corrected chi connectivity index (χ3v) is 5.78. The van der Waals surface area contributed by atoms with E-state index >= 15 is 0 Å². The predicted octanol–water partition coefficient (Wildman–Crippen LogP) is 3.30. The summed E-state index contributed by atoms with van der Waals surface area (Å²) in [6.07, 6.45) is 3.53. The van der Waals surface area contributed by atoms with Crippen molar-refractivity contribution in [1.82, 2.24) is 0 Å². The quantitative estimate of drug-likeness (QED) is 0.0985. The number of benzene rings is 1. The molecule has 1 saturated carbocycles. The summed E-state index contributed by atoms with van der Waals surface area (Å²) in [4.78, 5) is 57.8. The van der Waals surface area contributed by atoms with Gasteiger partial charge < -0.3 is 18.9 Å². The first kappa shape index (κ1) is 28.0. The Kier molecular flexibility index (Phi) is 12.0. The van der Waals surface area contributed by atoms with E-state index in [2.05, 4.69) is 11.3 Å². The number of hydrogen-bond acceptors (Lipinski definition) is 9. The summed E-state index contributed by atoms with van der Waals surface area (Å²) in [5.74, 6) is -2.05. The summed E-state index contributed by atoms with van der Waals surface area (Å²) in [6, 6.07) is 6.89. The molecule has 0 saturated heterocycles.